The van der Waals surface area contributed by atoms with Gasteiger partial charge >= 0.3 is 0 Å². The van der Waals surface area contributed by atoms with E-state index in [1.165, 1.54) is 4.90 Å². The molecule has 1 aromatic carbocycles. The molecule has 3 rings (SSSR count). The highest BCUT2D eigenvalue weighted by molar-refractivity contribution is 6.11. The number of nitrogens with zero attached hydrogens (tertiary/aromatic N) is 1. The van der Waals surface area contributed by atoms with Crippen LogP contribution in [0.4, 0.5) is 0 Å². The van der Waals surface area contributed by atoms with Gasteiger partial charge in [0.25, 0.3) is 0 Å². The molecular formula is C17H17NO3. The van der Waals surface area contributed by atoms with E-state index in [0.717, 1.165) is 0 Å². The predicted octanol–water partition coefficient (Wildman–Crippen LogP) is 2.21. The van der Waals surface area contributed by atoms with Crippen molar-refractivity contribution < 1.29 is 14.4 Å². The normalized spacial score (nSPS) is 25.9. The number of amides is 2. The minimum atomic E-state index is -0.738. The SMILES string of the molecule is C[C@@H](C(=O)c1ccccc1)N1C(=O)[C@H]2CC=CC[C@@H]2C1=O. The standard InChI is InChI=1S/C17H17NO3/c1-11(15(19)12-7-3-2-4-8-12)18-16(20)13-9-5-6-10-14(13)17(18)21/h2-8,11,13-14H,9-10H2,1H3/t11-,13-,14-/m0/s1. The molecule has 0 N–H and O–H groups in total. The number of allylic oxidation sites excluding steroid dienone is 2. The summed E-state index contributed by atoms with van der Waals surface area (Å²) in [5.41, 5.74) is 0.526. The lowest BCUT2D eigenvalue weighted by Gasteiger charge is -2.22. The van der Waals surface area contributed by atoms with Gasteiger partial charge in [-0.1, -0.05) is 42.5 Å². The molecule has 0 unspecified atom stereocenters. The molecule has 2 aliphatic rings. The second-order valence-corrected chi connectivity index (χ2v) is 5.61. The average Bonchev–Trinajstić information content (AvgIpc) is 2.79. The van der Waals surface area contributed by atoms with Crippen LogP contribution in [0.1, 0.15) is 30.1 Å². The number of hydrogen-bond acceptors (Lipinski definition) is 3. The molecule has 0 radical (unpaired) electrons. The van der Waals surface area contributed by atoms with Crippen molar-refractivity contribution in [1.82, 2.24) is 4.90 Å². The van der Waals surface area contributed by atoms with Crippen LogP contribution in [0.5, 0.6) is 0 Å². The molecule has 4 heteroatoms. The van der Waals surface area contributed by atoms with Crippen LogP contribution in [-0.2, 0) is 9.59 Å². The number of carbonyl (C=O) groups is 3. The minimum absolute atomic E-state index is 0.191. The Morgan fingerprint density at radius 1 is 1.05 bits per heavy atom. The molecular weight excluding hydrogens is 266 g/mol. The summed E-state index contributed by atoms with van der Waals surface area (Å²) in [4.78, 5) is 38.5. The minimum Gasteiger partial charge on any atom is -0.292 e. The lowest BCUT2D eigenvalue weighted by atomic mass is 9.85. The van der Waals surface area contributed by atoms with E-state index in [4.69, 9.17) is 0 Å². The van der Waals surface area contributed by atoms with Gasteiger partial charge in [0.15, 0.2) is 5.78 Å². The molecule has 0 spiro atoms. The number of imide groups is 1. The number of fused-ring (bicyclic) bond motifs is 1. The molecule has 1 aliphatic carbocycles. The number of benzene rings is 1. The highest BCUT2D eigenvalue weighted by atomic mass is 16.2. The van der Waals surface area contributed by atoms with E-state index in [0.29, 0.717) is 18.4 Å². The maximum atomic E-state index is 12.5. The molecule has 1 aliphatic heterocycles. The van der Waals surface area contributed by atoms with Crippen LogP contribution in [0.3, 0.4) is 0 Å². The Bertz CT molecular complexity index is 594. The Morgan fingerprint density at radius 2 is 1.57 bits per heavy atom. The lowest BCUT2D eigenvalue weighted by molar-refractivity contribution is -0.141. The molecule has 4 nitrogen and oxygen atoms in total. The van der Waals surface area contributed by atoms with E-state index >= 15 is 0 Å². The van der Waals surface area contributed by atoms with Crippen molar-refractivity contribution in [3.63, 3.8) is 0 Å². The van der Waals surface area contributed by atoms with Crippen molar-refractivity contribution in [3.05, 3.63) is 48.0 Å². The first kappa shape index (κ1) is 13.7. The zero-order valence-electron chi connectivity index (χ0n) is 11.9. The second-order valence-electron chi connectivity index (χ2n) is 5.61. The zero-order valence-corrected chi connectivity index (χ0v) is 11.9. The van der Waals surface area contributed by atoms with E-state index < -0.39 is 6.04 Å². The molecule has 108 valence electrons. The van der Waals surface area contributed by atoms with Gasteiger partial charge < -0.3 is 0 Å². The molecule has 0 saturated carbocycles. The van der Waals surface area contributed by atoms with Gasteiger partial charge in [-0.3, -0.25) is 19.3 Å². The van der Waals surface area contributed by atoms with E-state index in [-0.39, 0.29) is 29.4 Å². The summed E-state index contributed by atoms with van der Waals surface area (Å²) in [5, 5.41) is 0. The first-order valence-corrected chi connectivity index (χ1v) is 7.22. The van der Waals surface area contributed by atoms with Gasteiger partial charge in [0.2, 0.25) is 11.8 Å². The van der Waals surface area contributed by atoms with Crippen molar-refractivity contribution in [2.75, 3.05) is 0 Å². The summed E-state index contributed by atoms with van der Waals surface area (Å²) < 4.78 is 0. The van der Waals surface area contributed by atoms with E-state index in [1.54, 1.807) is 31.2 Å². The van der Waals surface area contributed by atoms with E-state index in [2.05, 4.69) is 0 Å². The van der Waals surface area contributed by atoms with E-state index in [1.807, 2.05) is 18.2 Å². The maximum Gasteiger partial charge on any atom is 0.234 e. The zero-order chi connectivity index (χ0) is 15.0. The maximum absolute atomic E-state index is 12.5. The van der Waals surface area contributed by atoms with Crippen LogP contribution in [0.2, 0.25) is 0 Å². The average molecular weight is 283 g/mol. The molecule has 1 heterocycles. The molecule has 3 atom stereocenters. The summed E-state index contributed by atoms with van der Waals surface area (Å²) in [6, 6.07) is 8.05. The first-order chi connectivity index (χ1) is 10.1. The van der Waals surface area contributed by atoms with Gasteiger partial charge in [-0.05, 0) is 19.8 Å². The third-order valence-corrected chi connectivity index (χ3v) is 4.37. The molecule has 2 amide bonds. The van der Waals surface area contributed by atoms with Gasteiger partial charge in [-0.25, -0.2) is 0 Å². The molecule has 21 heavy (non-hydrogen) atoms. The molecule has 1 aromatic rings. The van der Waals surface area contributed by atoms with Crippen LogP contribution in [0.15, 0.2) is 42.5 Å². The van der Waals surface area contributed by atoms with Crippen molar-refractivity contribution in [2.45, 2.75) is 25.8 Å². The number of likely N-dealkylation sites (tertiary alicyclic amines) is 1. The Balaban J connectivity index is 1.85. The smallest absolute Gasteiger partial charge is 0.234 e. The van der Waals surface area contributed by atoms with Crippen LogP contribution in [0, 0.1) is 11.8 Å². The summed E-state index contributed by atoms with van der Waals surface area (Å²) >= 11 is 0. The second kappa shape index (κ2) is 5.28. The summed E-state index contributed by atoms with van der Waals surface area (Å²) in [6.45, 7) is 1.63. The topological polar surface area (TPSA) is 54.5 Å². The van der Waals surface area contributed by atoms with E-state index in [9.17, 15) is 14.4 Å². The van der Waals surface area contributed by atoms with Crippen molar-refractivity contribution in [1.29, 1.82) is 0 Å². The van der Waals surface area contributed by atoms with Gasteiger partial charge in [0.1, 0.15) is 0 Å². The molecule has 0 bridgehead atoms. The van der Waals surface area contributed by atoms with Crippen molar-refractivity contribution in [3.8, 4) is 0 Å². The molecule has 0 aromatic heterocycles. The summed E-state index contributed by atoms with van der Waals surface area (Å²) in [6.07, 6.45) is 5.08. The highest BCUT2D eigenvalue weighted by Crippen LogP contribution is 2.36. The predicted molar refractivity (Wildman–Crippen MR) is 77.4 cm³/mol. The third-order valence-electron chi connectivity index (χ3n) is 4.37. The Labute approximate surface area is 123 Å². The number of hydrogen-bond donors (Lipinski definition) is 0. The number of Topliss-reactive ketones (excluding diaryl/α,β-unsaturated/α-hetero) is 1. The fourth-order valence-electron chi connectivity index (χ4n) is 3.17. The van der Waals surface area contributed by atoms with Crippen LogP contribution in [0.25, 0.3) is 0 Å². The monoisotopic (exact) mass is 283 g/mol. The quantitative estimate of drug-likeness (QED) is 0.485. The lowest BCUT2D eigenvalue weighted by Crippen LogP contribution is -2.43. The fraction of sp³-hybridized carbons (Fsp3) is 0.353. The fourth-order valence-corrected chi connectivity index (χ4v) is 3.17. The third kappa shape index (κ3) is 2.20. The Morgan fingerprint density at radius 3 is 2.10 bits per heavy atom. The van der Waals surface area contributed by atoms with Gasteiger partial charge in [0, 0.05) is 5.56 Å². The van der Waals surface area contributed by atoms with Gasteiger partial charge in [-0.2, -0.15) is 0 Å². The molecule has 1 fully saturated rings. The first-order valence-electron chi connectivity index (χ1n) is 7.22. The number of ketones is 1. The summed E-state index contributed by atoms with van der Waals surface area (Å²) in [7, 11) is 0. The Hall–Kier alpha value is -2.23. The van der Waals surface area contributed by atoms with Gasteiger partial charge in [-0.15, -0.1) is 0 Å². The molecule has 1 saturated heterocycles. The van der Waals surface area contributed by atoms with Gasteiger partial charge in [0.05, 0.1) is 17.9 Å². The highest BCUT2D eigenvalue weighted by Gasteiger charge is 2.49. The number of rotatable bonds is 3. The van der Waals surface area contributed by atoms with Crippen LogP contribution in [-0.4, -0.2) is 28.5 Å². The number of carbonyl (C=O) groups excluding carboxylic acids is 3. The largest absolute Gasteiger partial charge is 0.292 e. The van der Waals surface area contributed by atoms with Crippen LogP contribution >= 0.6 is 0 Å². The van der Waals surface area contributed by atoms with Crippen molar-refractivity contribution >= 4 is 17.6 Å². The summed E-state index contributed by atoms with van der Waals surface area (Å²) in [5.74, 6) is -1.16. The van der Waals surface area contributed by atoms with Crippen LogP contribution < -0.4 is 0 Å². The Kier molecular flexibility index (Phi) is 3.45. The van der Waals surface area contributed by atoms with Crippen molar-refractivity contribution in [2.24, 2.45) is 11.8 Å².